The van der Waals surface area contributed by atoms with Gasteiger partial charge in [-0.2, -0.15) is 0 Å². The van der Waals surface area contributed by atoms with Crippen molar-refractivity contribution < 1.29 is 0 Å². The third kappa shape index (κ3) is 4.92. The maximum absolute atomic E-state index is 5.15. The van der Waals surface area contributed by atoms with E-state index in [-0.39, 0.29) is 0 Å². The summed E-state index contributed by atoms with van der Waals surface area (Å²) in [5, 5.41) is 2.40. The molecule has 0 unspecified atom stereocenters. The van der Waals surface area contributed by atoms with Crippen molar-refractivity contribution in [3.05, 3.63) is 194 Å². The van der Waals surface area contributed by atoms with Crippen LogP contribution >= 0.6 is 0 Å². The molecule has 0 aliphatic rings. The first-order valence-corrected chi connectivity index (χ1v) is 17.6. The van der Waals surface area contributed by atoms with E-state index in [1.54, 1.807) is 0 Å². The smallest absolute Gasteiger partial charge is 0.160 e. The van der Waals surface area contributed by atoms with Crippen molar-refractivity contribution in [2.24, 2.45) is 0 Å². The highest BCUT2D eigenvalue weighted by molar-refractivity contribution is 6.22. The zero-order valence-electron chi connectivity index (χ0n) is 28.3. The molecule has 0 aliphatic heterocycles. The van der Waals surface area contributed by atoms with Crippen LogP contribution in [0.3, 0.4) is 0 Å². The molecule has 0 radical (unpaired) electrons. The van der Waals surface area contributed by atoms with Crippen LogP contribution in [0.5, 0.6) is 0 Å². The normalized spacial score (nSPS) is 11.5. The van der Waals surface area contributed by atoms with Crippen molar-refractivity contribution in [2.45, 2.75) is 0 Å². The van der Waals surface area contributed by atoms with Gasteiger partial charge in [-0.05, 0) is 48.0 Å². The predicted octanol–water partition coefficient (Wildman–Crippen LogP) is 12.2. The van der Waals surface area contributed by atoms with Gasteiger partial charge in [0.05, 0.1) is 33.5 Å². The molecule has 3 heterocycles. The zero-order valence-corrected chi connectivity index (χ0v) is 28.3. The summed E-state index contributed by atoms with van der Waals surface area (Å²) < 4.78 is 4.87. The van der Waals surface area contributed by atoms with E-state index in [0.29, 0.717) is 5.82 Å². The molecule has 3 aromatic heterocycles. The number of fused-ring (bicyclic) bond motifs is 5. The summed E-state index contributed by atoms with van der Waals surface area (Å²) in [6.07, 6.45) is 0. The molecule has 0 atom stereocenters. The Bertz CT molecular complexity index is 2810. The van der Waals surface area contributed by atoms with E-state index in [2.05, 4.69) is 191 Å². The fourth-order valence-corrected chi connectivity index (χ4v) is 7.61. The Labute approximate surface area is 301 Å². The summed E-state index contributed by atoms with van der Waals surface area (Å²) >= 11 is 0. The van der Waals surface area contributed by atoms with E-state index in [1.165, 1.54) is 27.3 Å². The van der Waals surface area contributed by atoms with Crippen LogP contribution in [0.15, 0.2) is 194 Å². The fourth-order valence-electron chi connectivity index (χ4n) is 7.61. The van der Waals surface area contributed by atoms with Crippen LogP contribution < -0.4 is 0 Å². The van der Waals surface area contributed by atoms with E-state index in [0.717, 1.165) is 56.1 Å². The van der Waals surface area contributed by atoms with Crippen LogP contribution in [-0.2, 0) is 0 Å². The molecule has 0 fully saturated rings. The van der Waals surface area contributed by atoms with Gasteiger partial charge in [-0.15, -0.1) is 0 Å². The summed E-state index contributed by atoms with van der Waals surface area (Å²) in [7, 11) is 0. The average Bonchev–Trinajstić information content (AvgIpc) is 3.75. The van der Waals surface area contributed by atoms with E-state index in [9.17, 15) is 0 Å². The Morgan fingerprint density at radius 3 is 1.46 bits per heavy atom. The number of para-hydroxylation sites is 4. The Kier molecular flexibility index (Phi) is 7.10. The molecule has 7 aromatic carbocycles. The van der Waals surface area contributed by atoms with Crippen LogP contribution in [0.25, 0.3) is 89.2 Å². The minimum absolute atomic E-state index is 0.694. The van der Waals surface area contributed by atoms with E-state index in [4.69, 9.17) is 9.97 Å². The SMILES string of the molecule is c1ccc(-c2cc(-c3ccccc3)nc(-c3cccc(-c4cccc5c4n(-c4ccccc4)c4c6ccccc6n(-c6ccccc6)c54)c3)n2)cc1. The van der Waals surface area contributed by atoms with Crippen LogP contribution in [0.4, 0.5) is 0 Å². The lowest BCUT2D eigenvalue weighted by Crippen LogP contribution is -1.97. The molecule has 4 heteroatoms. The first-order valence-electron chi connectivity index (χ1n) is 17.6. The van der Waals surface area contributed by atoms with Gasteiger partial charge in [-0.25, -0.2) is 9.97 Å². The first kappa shape index (κ1) is 29.8. The maximum Gasteiger partial charge on any atom is 0.160 e. The lowest BCUT2D eigenvalue weighted by Gasteiger charge is -2.14. The molecule has 4 nitrogen and oxygen atoms in total. The summed E-state index contributed by atoms with van der Waals surface area (Å²) in [4.78, 5) is 10.3. The molecule has 0 bridgehead atoms. The summed E-state index contributed by atoms with van der Waals surface area (Å²) in [6.45, 7) is 0. The Balaban J connectivity index is 1.24. The molecule has 0 aliphatic carbocycles. The maximum atomic E-state index is 5.15. The highest BCUT2D eigenvalue weighted by atomic mass is 15.1. The monoisotopic (exact) mass is 664 g/mol. The average molecular weight is 665 g/mol. The Morgan fingerprint density at radius 1 is 0.327 bits per heavy atom. The summed E-state index contributed by atoms with van der Waals surface area (Å²) in [6, 6.07) is 68.3. The first-order chi connectivity index (χ1) is 25.8. The fraction of sp³-hybridized carbons (Fsp3) is 0. The van der Waals surface area contributed by atoms with Crippen molar-refractivity contribution >= 4 is 32.8 Å². The van der Waals surface area contributed by atoms with Gasteiger partial charge in [-0.1, -0.05) is 152 Å². The molecule has 0 N–H and O–H groups in total. The summed E-state index contributed by atoms with van der Waals surface area (Å²) in [5.74, 6) is 0.694. The third-order valence-corrected chi connectivity index (χ3v) is 9.91. The molecule has 244 valence electrons. The molecular weight excluding hydrogens is 633 g/mol. The van der Waals surface area contributed by atoms with E-state index in [1.807, 2.05) is 12.1 Å². The number of hydrogen-bond donors (Lipinski definition) is 0. The molecule has 0 amide bonds. The molecule has 10 aromatic rings. The molecule has 52 heavy (non-hydrogen) atoms. The number of benzene rings is 7. The van der Waals surface area contributed by atoms with Crippen molar-refractivity contribution in [1.82, 2.24) is 19.1 Å². The van der Waals surface area contributed by atoms with Gasteiger partial charge in [0.1, 0.15) is 0 Å². The second-order valence-corrected chi connectivity index (χ2v) is 13.0. The highest BCUT2D eigenvalue weighted by Gasteiger charge is 2.24. The van der Waals surface area contributed by atoms with Crippen LogP contribution in [-0.4, -0.2) is 19.1 Å². The van der Waals surface area contributed by atoms with Gasteiger partial charge >= 0.3 is 0 Å². The minimum atomic E-state index is 0.694. The van der Waals surface area contributed by atoms with Gasteiger partial charge in [0.25, 0.3) is 0 Å². The van der Waals surface area contributed by atoms with Gasteiger partial charge in [0, 0.05) is 44.4 Å². The van der Waals surface area contributed by atoms with Gasteiger partial charge in [-0.3, -0.25) is 0 Å². The van der Waals surface area contributed by atoms with Crippen molar-refractivity contribution in [3.63, 3.8) is 0 Å². The quantitative estimate of drug-likeness (QED) is 0.177. The van der Waals surface area contributed by atoms with E-state index < -0.39 is 0 Å². The van der Waals surface area contributed by atoms with Crippen molar-refractivity contribution in [2.75, 3.05) is 0 Å². The lowest BCUT2D eigenvalue weighted by molar-refractivity contribution is 1.17. The number of hydrogen-bond acceptors (Lipinski definition) is 2. The standard InChI is InChI=1S/C48H32N4/c1-5-17-33(18-6-1)42-32-43(34-19-7-2-8-20-34)50-48(49-42)36-22-15-21-35(31-36)39-28-16-29-41-45(39)52(38-25-11-4-12-26-38)46-40-27-13-14-30-44(40)51(47(41)46)37-23-9-3-10-24-37/h1-32H. The van der Waals surface area contributed by atoms with Gasteiger partial charge in [0.2, 0.25) is 0 Å². The minimum Gasteiger partial charge on any atom is -0.307 e. The molecular formula is C48H32N4. The topological polar surface area (TPSA) is 35.6 Å². The van der Waals surface area contributed by atoms with Crippen LogP contribution in [0.1, 0.15) is 0 Å². The second kappa shape index (κ2) is 12.4. The third-order valence-electron chi connectivity index (χ3n) is 9.91. The van der Waals surface area contributed by atoms with Crippen molar-refractivity contribution in [1.29, 1.82) is 0 Å². The molecule has 0 saturated carbocycles. The number of rotatable bonds is 6. The number of nitrogens with zero attached hydrogens (tertiary/aromatic N) is 4. The largest absolute Gasteiger partial charge is 0.307 e. The molecule has 0 saturated heterocycles. The zero-order chi connectivity index (χ0) is 34.4. The second-order valence-electron chi connectivity index (χ2n) is 13.0. The predicted molar refractivity (Wildman–Crippen MR) is 215 cm³/mol. The van der Waals surface area contributed by atoms with Gasteiger partial charge in [0.15, 0.2) is 5.82 Å². The van der Waals surface area contributed by atoms with Crippen molar-refractivity contribution in [3.8, 4) is 56.4 Å². The van der Waals surface area contributed by atoms with Gasteiger partial charge < -0.3 is 9.13 Å². The number of aromatic nitrogens is 4. The Hall–Kier alpha value is -7.04. The van der Waals surface area contributed by atoms with Crippen LogP contribution in [0, 0.1) is 0 Å². The van der Waals surface area contributed by atoms with E-state index >= 15 is 0 Å². The Morgan fingerprint density at radius 2 is 0.808 bits per heavy atom. The lowest BCUT2D eigenvalue weighted by atomic mass is 10.00. The van der Waals surface area contributed by atoms with Crippen LogP contribution in [0.2, 0.25) is 0 Å². The highest BCUT2D eigenvalue weighted by Crippen LogP contribution is 2.44. The molecule has 10 rings (SSSR count). The molecule has 0 spiro atoms. The summed E-state index contributed by atoms with van der Waals surface area (Å²) in [5.41, 5.74) is 14.1.